The maximum Gasteiger partial charge on any atom is 0.0614 e. The Bertz CT molecular complexity index is 171. The van der Waals surface area contributed by atoms with Gasteiger partial charge in [0.05, 0.1) is 6.61 Å². The average Bonchev–Trinajstić information content (AvgIpc) is 2.46. The van der Waals surface area contributed by atoms with Gasteiger partial charge in [-0.15, -0.1) is 0 Å². The van der Waals surface area contributed by atoms with Crippen LogP contribution in [0.15, 0.2) is 0 Å². The van der Waals surface area contributed by atoms with Gasteiger partial charge in [-0.3, -0.25) is 0 Å². The highest BCUT2D eigenvalue weighted by Gasteiger charge is 2.45. The largest absolute Gasteiger partial charge is 0.394 e. The molecule has 12 heavy (non-hydrogen) atoms. The van der Waals surface area contributed by atoms with Crippen molar-refractivity contribution in [3.05, 3.63) is 0 Å². The van der Waals surface area contributed by atoms with Gasteiger partial charge in [0.1, 0.15) is 0 Å². The predicted octanol–water partition coefficient (Wildman–Crippen LogP) is 1.28. The summed E-state index contributed by atoms with van der Waals surface area (Å²) in [6.07, 6.45) is 7.59. The van der Waals surface area contributed by atoms with Gasteiger partial charge in [0.15, 0.2) is 0 Å². The summed E-state index contributed by atoms with van der Waals surface area (Å²) in [5.41, 5.74) is 5.95. The summed E-state index contributed by atoms with van der Waals surface area (Å²) in [6, 6.07) is 0. The van der Waals surface area contributed by atoms with E-state index in [0.717, 1.165) is 12.3 Å². The van der Waals surface area contributed by atoms with E-state index in [9.17, 15) is 5.11 Å². The number of fused-ring (bicyclic) bond motifs is 1. The molecule has 0 radical (unpaired) electrons. The van der Waals surface area contributed by atoms with Gasteiger partial charge in [0, 0.05) is 5.54 Å². The number of hydrogen-bond acceptors (Lipinski definition) is 2. The van der Waals surface area contributed by atoms with Crippen LogP contribution in [-0.4, -0.2) is 17.3 Å². The van der Waals surface area contributed by atoms with Crippen LogP contribution in [0.5, 0.6) is 0 Å². The summed E-state index contributed by atoms with van der Waals surface area (Å²) >= 11 is 0. The summed E-state index contributed by atoms with van der Waals surface area (Å²) < 4.78 is 0. The van der Waals surface area contributed by atoms with Gasteiger partial charge in [-0.25, -0.2) is 0 Å². The third-order valence-electron chi connectivity index (χ3n) is 3.92. The summed E-state index contributed by atoms with van der Waals surface area (Å²) in [5.74, 6) is 1.45. The average molecular weight is 169 g/mol. The molecule has 2 heteroatoms. The van der Waals surface area contributed by atoms with Crippen LogP contribution in [0.1, 0.15) is 38.5 Å². The highest BCUT2D eigenvalue weighted by atomic mass is 16.3. The number of rotatable bonds is 1. The van der Waals surface area contributed by atoms with Crippen LogP contribution < -0.4 is 5.73 Å². The van der Waals surface area contributed by atoms with Crippen LogP contribution in [0.25, 0.3) is 0 Å². The smallest absolute Gasteiger partial charge is 0.0614 e. The quantitative estimate of drug-likeness (QED) is 0.621. The molecule has 0 amide bonds. The molecule has 0 aromatic heterocycles. The summed E-state index contributed by atoms with van der Waals surface area (Å²) in [5, 5.41) is 9.24. The van der Waals surface area contributed by atoms with Crippen molar-refractivity contribution < 1.29 is 5.11 Å². The first-order valence-electron chi connectivity index (χ1n) is 5.16. The third kappa shape index (κ3) is 1.17. The molecule has 2 aliphatic carbocycles. The molecule has 0 bridgehead atoms. The second kappa shape index (κ2) is 3.00. The molecule has 3 atom stereocenters. The molecule has 2 aliphatic rings. The van der Waals surface area contributed by atoms with Crippen LogP contribution in [0.4, 0.5) is 0 Å². The van der Waals surface area contributed by atoms with Crippen LogP contribution in [-0.2, 0) is 0 Å². The van der Waals surface area contributed by atoms with Crippen LogP contribution in [0.2, 0.25) is 0 Å². The zero-order valence-corrected chi connectivity index (χ0v) is 7.63. The fourth-order valence-electron chi connectivity index (χ4n) is 3.15. The summed E-state index contributed by atoms with van der Waals surface area (Å²) in [7, 11) is 0. The first-order valence-corrected chi connectivity index (χ1v) is 5.16. The maximum absolute atomic E-state index is 9.24. The Morgan fingerprint density at radius 2 is 2.00 bits per heavy atom. The lowest BCUT2D eigenvalue weighted by atomic mass is 9.75. The molecule has 0 saturated heterocycles. The van der Waals surface area contributed by atoms with Crippen molar-refractivity contribution in [3.63, 3.8) is 0 Å². The topological polar surface area (TPSA) is 46.2 Å². The number of aliphatic hydroxyl groups is 1. The molecule has 0 aliphatic heterocycles. The molecule has 3 unspecified atom stereocenters. The molecule has 2 saturated carbocycles. The van der Waals surface area contributed by atoms with E-state index in [1.54, 1.807) is 0 Å². The van der Waals surface area contributed by atoms with Crippen molar-refractivity contribution in [1.82, 2.24) is 0 Å². The molecule has 0 aromatic rings. The fraction of sp³-hybridized carbons (Fsp3) is 1.00. The van der Waals surface area contributed by atoms with Crippen LogP contribution in [0.3, 0.4) is 0 Å². The highest BCUT2D eigenvalue weighted by Crippen LogP contribution is 2.46. The molecule has 3 N–H and O–H groups in total. The minimum Gasteiger partial charge on any atom is -0.394 e. The molecule has 0 heterocycles. The van der Waals surface area contributed by atoms with Gasteiger partial charge < -0.3 is 10.8 Å². The SMILES string of the molecule is NC1(CO)CCC2CCCCC21. The predicted molar refractivity (Wildman–Crippen MR) is 48.7 cm³/mol. The standard InChI is InChI=1S/C10H19NO/c11-10(7-12)6-5-8-3-1-2-4-9(8)10/h8-9,12H,1-7,11H2. The normalized spacial score (nSPS) is 47.5. The van der Waals surface area contributed by atoms with Gasteiger partial charge in [-0.2, -0.15) is 0 Å². The zero-order chi connectivity index (χ0) is 8.60. The van der Waals surface area contributed by atoms with Gasteiger partial charge in [0.25, 0.3) is 0 Å². The number of aliphatic hydroxyl groups excluding tert-OH is 1. The van der Waals surface area contributed by atoms with Crippen molar-refractivity contribution in [2.45, 2.75) is 44.1 Å². The molecule has 2 rings (SSSR count). The minimum atomic E-state index is -0.217. The summed E-state index contributed by atoms with van der Waals surface area (Å²) in [4.78, 5) is 0. The molecule has 2 fully saturated rings. The molecule has 0 spiro atoms. The Morgan fingerprint density at radius 3 is 2.75 bits per heavy atom. The van der Waals surface area contributed by atoms with E-state index < -0.39 is 0 Å². The van der Waals surface area contributed by atoms with Crippen molar-refractivity contribution in [1.29, 1.82) is 0 Å². The van der Waals surface area contributed by atoms with Gasteiger partial charge in [0.2, 0.25) is 0 Å². The molecular formula is C10H19NO. The Balaban J connectivity index is 2.10. The lowest BCUT2D eigenvalue weighted by Crippen LogP contribution is -2.48. The second-order valence-corrected chi connectivity index (χ2v) is 4.58. The number of hydrogen-bond donors (Lipinski definition) is 2. The Kier molecular flexibility index (Phi) is 2.13. The van der Waals surface area contributed by atoms with E-state index in [0.29, 0.717) is 5.92 Å². The van der Waals surface area contributed by atoms with Crippen LogP contribution >= 0.6 is 0 Å². The lowest BCUT2D eigenvalue weighted by molar-refractivity contribution is 0.123. The van der Waals surface area contributed by atoms with Gasteiger partial charge in [-0.05, 0) is 31.1 Å². The first kappa shape index (κ1) is 8.52. The van der Waals surface area contributed by atoms with Crippen molar-refractivity contribution in [3.8, 4) is 0 Å². The van der Waals surface area contributed by atoms with E-state index in [4.69, 9.17) is 5.73 Å². The third-order valence-corrected chi connectivity index (χ3v) is 3.92. The first-order chi connectivity index (χ1) is 5.76. The Hall–Kier alpha value is -0.0800. The Labute approximate surface area is 74.1 Å². The van der Waals surface area contributed by atoms with E-state index >= 15 is 0 Å². The summed E-state index contributed by atoms with van der Waals surface area (Å²) in [6.45, 7) is 0.189. The lowest BCUT2D eigenvalue weighted by Gasteiger charge is -2.35. The molecule has 2 nitrogen and oxygen atoms in total. The molecular weight excluding hydrogens is 150 g/mol. The van der Waals surface area contributed by atoms with Gasteiger partial charge >= 0.3 is 0 Å². The van der Waals surface area contributed by atoms with Crippen molar-refractivity contribution in [2.75, 3.05) is 6.61 Å². The highest BCUT2D eigenvalue weighted by molar-refractivity contribution is 5.01. The zero-order valence-electron chi connectivity index (χ0n) is 7.63. The molecule has 0 aromatic carbocycles. The van der Waals surface area contributed by atoms with Crippen molar-refractivity contribution >= 4 is 0 Å². The van der Waals surface area contributed by atoms with E-state index in [1.807, 2.05) is 0 Å². The number of nitrogens with two attached hydrogens (primary N) is 1. The van der Waals surface area contributed by atoms with Crippen molar-refractivity contribution in [2.24, 2.45) is 17.6 Å². The van der Waals surface area contributed by atoms with E-state index in [2.05, 4.69) is 0 Å². The van der Waals surface area contributed by atoms with Gasteiger partial charge in [-0.1, -0.05) is 19.3 Å². The van der Waals surface area contributed by atoms with E-state index in [-0.39, 0.29) is 12.1 Å². The minimum absolute atomic E-state index is 0.189. The maximum atomic E-state index is 9.24. The second-order valence-electron chi connectivity index (χ2n) is 4.58. The fourth-order valence-corrected chi connectivity index (χ4v) is 3.15. The van der Waals surface area contributed by atoms with Crippen LogP contribution in [0, 0.1) is 11.8 Å². The monoisotopic (exact) mass is 169 g/mol. The van der Waals surface area contributed by atoms with E-state index in [1.165, 1.54) is 32.1 Å². The Morgan fingerprint density at radius 1 is 1.25 bits per heavy atom. The molecule has 70 valence electrons.